The lowest BCUT2D eigenvalue weighted by Gasteiger charge is -2.22. The lowest BCUT2D eigenvalue weighted by atomic mass is 9.81. The third-order valence-electron chi connectivity index (χ3n) is 3.77. The molecule has 2 aromatic rings. The average molecular weight is 295 g/mol. The second kappa shape index (κ2) is 4.70. The first-order valence-electron chi connectivity index (χ1n) is 6.59. The molecule has 1 aliphatic rings. The van der Waals surface area contributed by atoms with Gasteiger partial charge in [0.25, 0.3) is 5.91 Å². The van der Waals surface area contributed by atoms with Crippen LogP contribution in [-0.4, -0.2) is 24.5 Å². The van der Waals surface area contributed by atoms with Gasteiger partial charge in [0.15, 0.2) is 11.6 Å². The summed E-state index contributed by atoms with van der Waals surface area (Å²) < 4.78 is 0. The number of anilines is 2. The van der Waals surface area contributed by atoms with Crippen LogP contribution in [0.3, 0.4) is 0 Å². The van der Waals surface area contributed by atoms with Gasteiger partial charge in [-0.3, -0.25) is 14.4 Å². The highest BCUT2D eigenvalue weighted by atomic mass is 16.1. The molecule has 0 bridgehead atoms. The zero-order valence-electron chi connectivity index (χ0n) is 11.8. The normalized spacial score (nSPS) is 12.6. The number of carbonyl (C=O) groups is 3. The van der Waals surface area contributed by atoms with Crippen LogP contribution in [0, 0.1) is 0 Å². The monoisotopic (exact) mass is 295 g/mol. The molecule has 6 heteroatoms. The predicted octanol–water partition coefficient (Wildman–Crippen LogP) is 1.18. The van der Waals surface area contributed by atoms with Gasteiger partial charge in [0, 0.05) is 23.9 Å². The second-order valence-electron chi connectivity index (χ2n) is 4.95. The minimum Gasteiger partial charge on any atom is -0.397 e. The first-order chi connectivity index (χ1) is 10.5. The molecule has 3 rings (SSSR count). The Bertz CT molecular complexity index is 856. The molecule has 0 fully saturated rings. The Kier molecular flexibility index (Phi) is 2.95. The third-order valence-corrected chi connectivity index (χ3v) is 3.77. The number of nitrogens with one attached hydrogen (secondary N) is 1. The van der Waals surface area contributed by atoms with E-state index >= 15 is 0 Å². The minimum atomic E-state index is -0.754. The molecular formula is C16H13N3O3. The van der Waals surface area contributed by atoms with Crippen molar-refractivity contribution in [2.75, 3.05) is 18.1 Å². The maximum Gasteiger partial charge on any atom is 0.250 e. The first kappa shape index (κ1) is 13.8. The van der Waals surface area contributed by atoms with E-state index in [1.807, 2.05) is 0 Å². The van der Waals surface area contributed by atoms with Crippen molar-refractivity contribution in [1.29, 1.82) is 0 Å². The number of ketones is 2. The molecule has 0 heterocycles. The molecule has 2 aromatic carbocycles. The molecule has 1 amide bonds. The number of hydrogen-bond donors (Lipinski definition) is 3. The van der Waals surface area contributed by atoms with E-state index < -0.39 is 5.91 Å². The van der Waals surface area contributed by atoms with Crippen LogP contribution in [0.15, 0.2) is 30.3 Å². The fraction of sp³-hybridized carbons (Fsp3) is 0.0625. The van der Waals surface area contributed by atoms with E-state index in [0.29, 0.717) is 11.3 Å². The zero-order valence-corrected chi connectivity index (χ0v) is 11.8. The molecule has 0 unspecified atom stereocenters. The summed E-state index contributed by atoms with van der Waals surface area (Å²) in [6.07, 6.45) is 0. The van der Waals surface area contributed by atoms with Crippen molar-refractivity contribution in [3.63, 3.8) is 0 Å². The lowest BCUT2D eigenvalue weighted by molar-refractivity contribution is 0.0978. The van der Waals surface area contributed by atoms with Crippen LogP contribution in [-0.2, 0) is 0 Å². The summed E-state index contributed by atoms with van der Waals surface area (Å²) in [6, 6.07) is 7.91. The highest BCUT2D eigenvalue weighted by molar-refractivity contribution is 6.32. The molecular weight excluding hydrogens is 282 g/mol. The number of nitrogen functional groups attached to an aromatic ring is 1. The van der Waals surface area contributed by atoms with Crippen molar-refractivity contribution in [3.05, 3.63) is 58.1 Å². The minimum absolute atomic E-state index is 0.0173. The maximum atomic E-state index is 12.7. The number of fused-ring (bicyclic) bond motifs is 2. The van der Waals surface area contributed by atoms with E-state index in [0.717, 1.165) is 0 Å². The number of carbonyl (C=O) groups excluding carboxylic acids is 3. The van der Waals surface area contributed by atoms with E-state index in [-0.39, 0.29) is 39.5 Å². The van der Waals surface area contributed by atoms with E-state index in [1.165, 1.54) is 6.07 Å². The van der Waals surface area contributed by atoms with Crippen molar-refractivity contribution >= 4 is 28.8 Å². The molecule has 110 valence electrons. The molecule has 0 saturated heterocycles. The number of hydrogen-bond acceptors (Lipinski definition) is 5. The third kappa shape index (κ3) is 1.70. The fourth-order valence-corrected chi connectivity index (χ4v) is 2.72. The van der Waals surface area contributed by atoms with Gasteiger partial charge in [0.2, 0.25) is 0 Å². The molecule has 0 saturated carbocycles. The van der Waals surface area contributed by atoms with E-state index in [9.17, 15) is 14.4 Å². The van der Waals surface area contributed by atoms with Crippen LogP contribution in [0.1, 0.15) is 42.2 Å². The van der Waals surface area contributed by atoms with Gasteiger partial charge in [-0.05, 0) is 6.07 Å². The summed E-state index contributed by atoms with van der Waals surface area (Å²) in [5.41, 5.74) is 12.4. The summed E-state index contributed by atoms with van der Waals surface area (Å²) in [5, 5.41) is 2.82. The summed E-state index contributed by atoms with van der Waals surface area (Å²) >= 11 is 0. The molecule has 5 N–H and O–H groups in total. The highest BCUT2D eigenvalue weighted by Crippen LogP contribution is 2.37. The van der Waals surface area contributed by atoms with Gasteiger partial charge in [0.05, 0.1) is 22.4 Å². The Morgan fingerprint density at radius 2 is 1.59 bits per heavy atom. The fourth-order valence-electron chi connectivity index (χ4n) is 2.72. The Morgan fingerprint density at radius 3 is 2.09 bits per heavy atom. The summed E-state index contributed by atoms with van der Waals surface area (Å²) in [4.78, 5) is 36.9. The quantitative estimate of drug-likeness (QED) is 0.614. The van der Waals surface area contributed by atoms with Gasteiger partial charge in [-0.1, -0.05) is 24.3 Å². The van der Waals surface area contributed by atoms with Crippen LogP contribution < -0.4 is 16.8 Å². The number of benzene rings is 2. The maximum absolute atomic E-state index is 12.7. The average Bonchev–Trinajstić information content (AvgIpc) is 2.52. The largest absolute Gasteiger partial charge is 0.397 e. The molecule has 0 radical (unpaired) electrons. The van der Waals surface area contributed by atoms with Crippen molar-refractivity contribution < 1.29 is 14.4 Å². The number of rotatable bonds is 2. The topological polar surface area (TPSA) is 115 Å². The smallest absolute Gasteiger partial charge is 0.250 e. The van der Waals surface area contributed by atoms with Gasteiger partial charge >= 0.3 is 0 Å². The molecule has 0 spiro atoms. The molecule has 22 heavy (non-hydrogen) atoms. The van der Waals surface area contributed by atoms with Crippen molar-refractivity contribution in [2.45, 2.75) is 0 Å². The first-order valence-corrected chi connectivity index (χ1v) is 6.59. The molecule has 0 aliphatic heterocycles. The highest BCUT2D eigenvalue weighted by Gasteiger charge is 2.34. The Hall–Kier alpha value is -3.15. The Labute approximate surface area is 126 Å². The Morgan fingerprint density at radius 1 is 1.05 bits per heavy atom. The molecule has 0 atom stereocenters. The van der Waals surface area contributed by atoms with Gasteiger partial charge < -0.3 is 16.8 Å². The van der Waals surface area contributed by atoms with E-state index in [1.54, 1.807) is 31.3 Å². The van der Waals surface area contributed by atoms with Crippen LogP contribution >= 0.6 is 0 Å². The second-order valence-corrected chi connectivity index (χ2v) is 4.95. The van der Waals surface area contributed by atoms with E-state index in [2.05, 4.69) is 5.32 Å². The SMILES string of the molecule is CNc1cc(C(N)=O)c(N)c2c1C(=O)c1ccccc1C2=O. The molecule has 0 aromatic heterocycles. The number of nitrogens with two attached hydrogens (primary N) is 2. The standard InChI is InChI=1S/C16H13N3O3/c1-19-10-6-9(16(18)22)13(17)12-11(10)14(20)7-4-2-3-5-8(7)15(12)21/h2-6,19H,17H2,1H3,(H2,18,22). The van der Waals surface area contributed by atoms with Crippen molar-refractivity contribution in [3.8, 4) is 0 Å². The summed E-state index contributed by atoms with van der Waals surface area (Å²) in [7, 11) is 1.59. The number of amides is 1. The lowest BCUT2D eigenvalue weighted by Crippen LogP contribution is -2.26. The van der Waals surface area contributed by atoms with E-state index in [4.69, 9.17) is 11.5 Å². The van der Waals surface area contributed by atoms with Gasteiger partial charge in [-0.25, -0.2) is 0 Å². The van der Waals surface area contributed by atoms with Crippen molar-refractivity contribution in [1.82, 2.24) is 0 Å². The van der Waals surface area contributed by atoms with Crippen LogP contribution in [0.4, 0.5) is 11.4 Å². The van der Waals surface area contributed by atoms with Crippen molar-refractivity contribution in [2.24, 2.45) is 5.73 Å². The van der Waals surface area contributed by atoms with Gasteiger partial charge in [0.1, 0.15) is 0 Å². The zero-order chi connectivity index (χ0) is 16.0. The predicted molar refractivity (Wildman–Crippen MR) is 82.2 cm³/mol. The number of primary amides is 1. The van der Waals surface area contributed by atoms with Crippen LogP contribution in [0.2, 0.25) is 0 Å². The molecule has 6 nitrogen and oxygen atoms in total. The summed E-state index contributed by atoms with van der Waals surface area (Å²) in [6.45, 7) is 0. The van der Waals surface area contributed by atoms with Gasteiger partial charge in [-0.2, -0.15) is 0 Å². The van der Waals surface area contributed by atoms with Gasteiger partial charge in [-0.15, -0.1) is 0 Å². The summed E-state index contributed by atoms with van der Waals surface area (Å²) in [5.74, 6) is -1.45. The van der Waals surface area contributed by atoms with Crippen LogP contribution in [0.5, 0.6) is 0 Å². The molecule has 1 aliphatic carbocycles. The Balaban J connectivity index is 2.42. The van der Waals surface area contributed by atoms with Crippen LogP contribution in [0.25, 0.3) is 0 Å².